The highest BCUT2D eigenvalue weighted by molar-refractivity contribution is 7.80. The molecule has 5 nitrogen and oxygen atoms in total. The van der Waals surface area contributed by atoms with Gasteiger partial charge >= 0.3 is 0 Å². The summed E-state index contributed by atoms with van der Waals surface area (Å²) >= 11 is 5.59. The maximum Gasteiger partial charge on any atom is 0.173 e. The fourth-order valence-electron chi connectivity index (χ4n) is 3.76. The lowest BCUT2D eigenvalue weighted by Gasteiger charge is -2.40. The molecule has 0 spiro atoms. The van der Waals surface area contributed by atoms with Crippen molar-refractivity contribution in [2.45, 2.75) is 59.1 Å². The standard InChI is InChI=1S/C21H28N2O3S/c1-5-23-15-8-7-9-16(24)19(15)20(22-21(23)27)14-10-11-17(26-13(3)4)18(12-14)25-6-2/h10-13,20H,5-9H2,1-4H3,(H,22,27). The van der Waals surface area contributed by atoms with Crippen molar-refractivity contribution in [3.63, 3.8) is 0 Å². The molecule has 0 amide bonds. The number of ether oxygens (including phenoxy) is 2. The van der Waals surface area contributed by atoms with E-state index in [1.807, 2.05) is 39.0 Å². The van der Waals surface area contributed by atoms with Crippen LogP contribution in [0, 0.1) is 0 Å². The lowest BCUT2D eigenvalue weighted by molar-refractivity contribution is -0.116. The van der Waals surface area contributed by atoms with Gasteiger partial charge in [0, 0.05) is 24.2 Å². The Morgan fingerprint density at radius 2 is 2.04 bits per heavy atom. The summed E-state index contributed by atoms with van der Waals surface area (Å²) < 4.78 is 11.7. The predicted octanol–water partition coefficient (Wildman–Crippen LogP) is 4.13. The Bertz CT molecular complexity index is 773. The Hall–Kier alpha value is -2.08. The molecule has 0 bridgehead atoms. The van der Waals surface area contributed by atoms with E-state index < -0.39 is 0 Å². The summed E-state index contributed by atoms with van der Waals surface area (Å²) in [6.45, 7) is 9.29. The minimum atomic E-state index is -0.240. The van der Waals surface area contributed by atoms with Crippen LogP contribution in [-0.2, 0) is 4.79 Å². The second kappa shape index (κ2) is 8.30. The van der Waals surface area contributed by atoms with Gasteiger partial charge in [-0.05, 0) is 70.5 Å². The molecule has 0 saturated carbocycles. The number of hydrogen-bond donors (Lipinski definition) is 1. The van der Waals surface area contributed by atoms with Gasteiger partial charge in [-0.15, -0.1) is 0 Å². The smallest absolute Gasteiger partial charge is 0.173 e. The molecule has 3 rings (SSSR count). The third kappa shape index (κ3) is 3.95. The summed E-state index contributed by atoms with van der Waals surface area (Å²) in [5.41, 5.74) is 2.88. The van der Waals surface area contributed by atoms with Gasteiger partial charge in [-0.25, -0.2) is 0 Å². The first kappa shape index (κ1) is 19.7. The van der Waals surface area contributed by atoms with Gasteiger partial charge in [0.15, 0.2) is 22.4 Å². The van der Waals surface area contributed by atoms with Crippen molar-refractivity contribution in [3.8, 4) is 11.5 Å². The van der Waals surface area contributed by atoms with E-state index >= 15 is 0 Å². The molecule has 6 heteroatoms. The molecule has 1 aliphatic carbocycles. The van der Waals surface area contributed by atoms with E-state index in [2.05, 4.69) is 17.1 Å². The number of allylic oxidation sites excluding steroid dienone is 1. The van der Waals surface area contributed by atoms with Crippen molar-refractivity contribution in [3.05, 3.63) is 35.0 Å². The molecule has 1 heterocycles. The van der Waals surface area contributed by atoms with Crippen LogP contribution in [-0.4, -0.2) is 35.1 Å². The van der Waals surface area contributed by atoms with E-state index in [4.69, 9.17) is 21.7 Å². The van der Waals surface area contributed by atoms with Crippen molar-refractivity contribution in [2.24, 2.45) is 0 Å². The summed E-state index contributed by atoms with van der Waals surface area (Å²) in [6, 6.07) is 5.64. The van der Waals surface area contributed by atoms with Gasteiger partial charge in [0.2, 0.25) is 0 Å². The van der Waals surface area contributed by atoms with Crippen LogP contribution >= 0.6 is 12.2 Å². The topological polar surface area (TPSA) is 50.8 Å². The SMILES string of the molecule is CCOc1cc(C2NC(=S)N(CC)C3=C2C(=O)CCC3)ccc1OC(C)C. The zero-order chi connectivity index (χ0) is 19.6. The molecule has 1 aliphatic heterocycles. The molecule has 1 unspecified atom stereocenters. The number of benzene rings is 1. The summed E-state index contributed by atoms with van der Waals surface area (Å²) in [7, 11) is 0. The number of ketones is 1. The molecule has 146 valence electrons. The average Bonchev–Trinajstić information content (AvgIpc) is 2.62. The Kier molecular flexibility index (Phi) is 6.05. The van der Waals surface area contributed by atoms with E-state index in [0.717, 1.165) is 36.2 Å². The van der Waals surface area contributed by atoms with Gasteiger partial charge in [0.1, 0.15) is 0 Å². The summed E-state index contributed by atoms with van der Waals surface area (Å²) in [4.78, 5) is 14.8. The van der Waals surface area contributed by atoms with Crippen LogP contribution in [0.15, 0.2) is 29.5 Å². The quantitative estimate of drug-likeness (QED) is 0.740. The zero-order valence-corrected chi connectivity index (χ0v) is 17.3. The lowest BCUT2D eigenvalue weighted by Crippen LogP contribution is -2.49. The molecule has 0 saturated heterocycles. The Morgan fingerprint density at radius 1 is 1.26 bits per heavy atom. The van der Waals surface area contributed by atoms with Crippen molar-refractivity contribution >= 4 is 23.1 Å². The molecule has 0 aromatic heterocycles. The van der Waals surface area contributed by atoms with Gasteiger partial charge in [0.05, 0.1) is 18.8 Å². The highest BCUT2D eigenvalue weighted by atomic mass is 32.1. The molecule has 1 aromatic carbocycles. The second-order valence-corrected chi connectivity index (χ2v) is 7.46. The van der Waals surface area contributed by atoms with Gasteiger partial charge in [-0.2, -0.15) is 0 Å². The van der Waals surface area contributed by atoms with Gasteiger partial charge in [0.25, 0.3) is 0 Å². The van der Waals surface area contributed by atoms with E-state index in [-0.39, 0.29) is 17.9 Å². The summed E-state index contributed by atoms with van der Waals surface area (Å²) in [5, 5.41) is 4.05. The highest BCUT2D eigenvalue weighted by Gasteiger charge is 2.36. The molecular formula is C21H28N2O3S. The maximum absolute atomic E-state index is 12.8. The molecule has 1 N–H and O–H groups in total. The number of nitrogens with one attached hydrogen (secondary N) is 1. The van der Waals surface area contributed by atoms with Crippen LogP contribution in [0.1, 0.15) is 58.6 Å². The molecule has 1 aromatic rings. The van der Waals surface area contributed by atoms with E-state index in [0.29, 0.717) is 29.6 Å². The molecular weight excluding hydrogens is 360 g/mol. The Balaban J connectivity index is 2.05. The zero-order valence-electron chi connectivity index (χ0n) is 16.5. The van der Waals surface area contributed by atoms with Crippen LogP contribution in [0.5, 0.6) is 11.5 Å². The molecule has 0 fully saturated rings. The van der Waals surface area contributed by atoms with Crippen LogP contribution in [0.3, 0.4) is 0 Å². The van der Waals surface area contributed by atoms with E-state index in [1.165, 1.54) is 0 Å². The van der Waals surface area contributed by atoms with Crippen LogP contribution in [0.25, 0.3) is 0 Å². The van der Waals surface area contributed by atoms with Gasteiger partial charge in [-0.1, -0.05) is 6.07 Å². The Morgan fingerprint density at radius 3 is 2.70 bits per heavy atom. The first-order valence-corrected chi connectivity index (χ1v) is 10.1. The summed E-state index contributed by atoms with van der Waals surface area (Å²) in [6.07, 6.45) is 2.42. The van der Waals surface area contributed by atoms with Crippen LogP contribution in [0.4, 0.5) is 0 Å². The van der Waals surface area contributed by atoms with Gasteiger partial charge in [-0.3, -0.25) is 4.79 Å². The first-order valence-electron chi connectivity index (χ1n) is 9.73. The number of carbonyl (C=O) groups is 1. The fraction of sp³-hybridized carbons (Fsp3) is 0.524. The minimum Gasteiger partial charge on any atom is -0.490 e. The highest BCUT2D eigenvalue weighted by Crippen LogP contribution is 2.39. The van der Waals surface area contributed by atoms with Crippen LogP contribution < -0.4 is 14.8 Å². The minimum absolute atomic E-state index is 0.0581. The number of nitrogens with zero attached hydrogens (tertiary/aromatic N) is 1. The van der Waals surface area contributed by atoms with Gasteiger partial charge < -0.3 is 19.7 Å². The number of hydrogen-bond acceptors (Lipinski definition) is 4. The number of Topliss-reactive ketones (excluding diaryl/α,β-unsaturated/α-hetero) is 1. The number of thiocarbonyl (C=S) groups is 1. The lowest BCUT2D eigenvalue weighted by atomic mass is 9.84. The molecule has 0 radical (unpaired) electrons. The molecule has 2 aliphatic rings. The van der Waals surface area contributed by atoms with Crippen LogP contribution in [0.2, 0.25) is 0 Å². The predicted molar refractivity (Wildman–Crippen MR) is 110 cm³/mol. The Labute approximate surface area is 166 Å². The monoisotopic (exact) mass is 388 g/mol. The number of carbonyl (C=O) groups excluding carboxylic acids is 1. The normalized spacial score (nSPS) is 19.9. The van der Waals surface area contributed by atoms with Crippen molar-refractivity contribution in [1.82, 2.24) is 10.2 Å². The molecule has 27 heavy (non-hydrogen) atoms. The second-order valence-electron chi connectivity index (χ2n) is 7.07. The van der Waals surface area contributed by atoms with Crippen molar-refractivity contribution in [2.75, 3.05) is 13.2 Å². The number of rotatable bonds is 6. The van der Waals surface area contributed by atoms with E-state index in [1.54, 1.807) is 0 Å². The fourth-order valence-corrected chi connectivity index (χ4v) is 4.12. The average molecular weight is 389 g/mol. The van der Waals surface area contributed by atoms with Crippen molar-refractivity contribution < 1.29 is 14.3 Å². The van der Waals surface area contributed by atoms with Crippen molar-refractivity contribution in [1.29, 1.82) is 0 Å². The summed E-state index contributed by atoms with van der Waals surface area (Å²) in [5.74, 6) is 1.61. The largest absolute Gasteiger partial charge is 0.490 e. The first-order chi connectivity index (χ1) is 13.0. The third-order valence-electron chi connectivity index (χ3n) is 4.84. The third-order valence-corrected chi connectivity index (χ3v) is 5.17. The molecule has 1 atom stereocenters. The van der Waals surface area contributed by atoms with E-state index in [9.17, 15) is 4.79 Å². The maximum atomic E-state index is 12.8.